The van der Waals surface area contributed by atoms with E-state index in [-0.39, 0.29) is 24.0 Å². The quantitative estimate of drug-likeness (QED) is 0.156. The van der Waals surface area contributed by atoms with Gasteiger partial charge in [-0.1, -0.05) is 11.6 Å². The van der Waals surface area contributed by atoms with Gasteiger partial charge in [-0.15, -0.1) is 35.7 Å². The maximum atomic E-state index is 5.92. The number of hydrogen-bond acceptors (Lipinski definition) is 6. The second-order valence-corrected chi connectivity index (χ2v) is 8.56. The molecule has 10 heteroatoms. The number of rotatable bonds is 9. The predicted molar refractivity (Wildman–Crippen MR) is 142 cm³/mol. The van der Waals surface area contributed by atoms with Crippen molar-refractivity contribution >= 4 is 59.2 Å². The minimum atomic E-state index is 0. The molecule has 2 N–H and O–H groups in total. The summed E-state index contributed by atoms with van der Waals surface area (Å²) in [6, 6.07) is 9.80. The molecule has 1 fully saturated rings. The molecule has 2 aromatic rings. The van der Waals surface area contributed by atoms with Gasteiger partial charge in [-0.2, -0.15) is 0 Å². The minimum Gasteiger partial charge on any atom is -0.356 e. The number of anilines is 1. The Morgan fingerprint density at radius 2 is 1.74 bits per heavy atom. The summed E-state index contributed by atoms with van der Waals surface area (Å²) >= 11 is 7.72. The molecule has 7 nitrogen and oxygen atoms in total. The average molecular weight is 576 g/mol. The topological polar surface area (TPSA) is 68.7 Å². The van der Waals surface area contributed by atoms with Gasteiger partial charge in [0, 0.05) is 74.4 Å². The van der Waals surface area contributed by atoms with Gasteiger partial charge in [0.25, 0.3) is 0 Å². The van der Waals surface area contributed by atoms with Crippen molar-refractivity contribution in [1.82, 2.24) is 25.5 Å². The Kier molecular flexibility index (Phi) is 12.3. The first kappa shape index (κ1) is 26.0. The summed E-state index contributed by atoms with van der Waals surface area (Å²) in [5, 5.41) is 7.55. The number of nitrogens with one attached hydrogen (secondary N) is 2. The van der Waals surface area contributed by atoms with E-state index in [0.717, 1.165) is 74.9 Å². The third kappa shape index (κ3) is 9.38. The van der Waals surface area contributed by atoms with Crippen molar-refractivity contribution in [2.45, 2.75) is 11.3 Å². The standard InChI is InChI=1S/C21H30ClN7S.HI/c1-23-20(25-11-17-30-19-6-4-18(22)5-7-19)24-10-3-12-28-13-15-29(16-14-28)21-26-8-2-9-27-21;/h2,4-9H,3,10-17H2,1H3,(H2,23,24,25);1H. The predicted octanol–water partition coefficient (Wildman–Crippen LogP) is 3.22. The first-order valence-corrected chi connectivity index (χ1v) is 11.7. The van der Waals surface area contributed by atoms with E-state index in [1.807, 2.05) is 37.4 Å². The van der Waals surface area contributed by atoms with E-state index in [1.54, 1.807) is 24.2 Å². The van der Waals surface area contributed by atoms with Gasteiger partial charge >= 0.3 is 0 Å². The zero-order valence-corrected chi connectivity index (χ0v) is 21.7. The Bertz CT molecular complexity index is 771. The van der Waals surface area contributed by atoms with E-state index >= 15 is 0 Å². The summed E-state index contributed by atoms with van der Waals surface area (Å²) in [6.07, 6.45) is 4.69. The van der Waals surface area contributed by atoms with Crippen LogP contribution in [0.3, 0.4) is 0 Å². The fourth-order valence-corrected chi connectivity index (χ4v) is 4.12. The fraction of sp³-hybridized carbons (Fsp3) is 0.476. The van der Waals surface area contributed by atoms with E-state index in [9.17, 15) is 0 Å². The molecule has 0 amide bonds. The van der Waals surface area contributed by atoms with Gasteiger partial charge in [-0.3, -0.25) is 9.89 Å². The summed E-state index contributed by atoms with van der Waals surface area (Å²) in [6.45, 7) is 6.90. The van der Waals surface area contributed by atoms with Crippen LogP contribution >= 0.6 is 47.3 Å². The van der Waals surface area contributed by atoms with Gasteiger partial charge in [0.05, 0.1) is 0 Å². The van der Waals surface area contributed by atoms with E-state index in [4.69, 9.17) is 11.6 Å². The van der Waals surface area contributed by atoms with Crippen LogP contribution in [0.5, 0.6) is 0 Å². The van der Waals surface area contributed by atoms with Gasteiger partial charge in [0.1, 0.15) is 0 Å². The maximum absolute atomic E-state index is 5.92. The molecule has 170 valence electrons. The Balaban J connectivity index is 0.00000341. The summed E-state index contributed by atoms with van der Waals surface area (Å²) in [7, 11) is 1.81. The molecule has 0 saturated carbocycles. The van der Waals surface area contributed by atoms with Crippen molar-refractivity contribution in [2.24, 2.45) is 4.99 Å². The Morgan fingerprint density at radius 1 is 1.06 bits per heavy atom. The van der Waals surface area contributed by atoms with Gasteiger partial charge in [0.2, 0.25) is 5.95 Å². The van der Waals surface area contributed by atoms with E-state index in [0.29, 0.717) is 0 Å². The molecule has 1 saturated heterocycles. The molecule has 0 bridgehead atoms. The molecule has 1 aromatic heterocycles. The Hall–Kier alpha value is -1.30. The van der Waals surface area contributed by atoms with Crippen LogP contribution in [-0.2, 0) is 0 Å². The smallest absolute Gasteiger partial charge is 0.225 e. The number of hydrogen-bond donors (Lipinski definition) is 2. The van der Waals surface area contributed by atoms with Crippen LogP contribution in [0.2, 0.25) is 5.02 Å². The van der Waals surface area contributed by atoms with Crippen LogP contribution in [0.4, 0.5) is 5.95 Å². The lowest BCUT2D eigenvalue weighted by molar-refractivity contribution is 0.254. The highest BCUT2D eigenvalue weighted by Crippen LogP contribution is 2.19. The van der Waals surface area contributed by atoms with Crippen LogP contribution in [0.15, 0.2) is 52.6 Å². The van der Waals surface area contributed by atoms with E-state index in [1.165, 1.54) is 4.90 Å². The first-order valence-electron chi connectivity index (χ1n) is 10.3. The van der Waals surface area contributed by atoms with Crippen LogP contribution in [0.25, 0.3) is 0 Å². The Labute approximate surface area is 211 Å². The van der Waals surface area contributed by atoms with Crippen molar-refractivity contribution in [2.75, 3.05) is 63.5 Å². The van der Waals surface area contributed by atoms with E-state index in [2.05, 4.69) is 35.4 Å². The van der Waals surface area contributed by atoms with Gasteiger partial charge in [0.15, 0.2) is 5.96 Å². The fourth-order valence-electron chi connectivity index (χ4n) is 3.23. The summed E-state index contributed by atoms with van der Waals surface area (Å²) in [5.41, 5.74) is 0. The molecular weight excluding hydrogens is 545 g/mol. The molecule has 0 unspecified atom stereocenters. The molecule has 31 heavy (non-hydrogen) atoms. The number of nitrogens with zero attached hydrogens (tertiary/aromatic N) is 5. The van der Waals surface area contributed by atoms with Crippen molar-refractivity contribution in [3.63, 3.8) is 0 Å². The van der Waals surface area contributed by atoms with Crippen LogP contribution < -0.4 is 15.5 Å². The largest absolute Gasteiger partial charge is 0.356 e. The molecule has 2 heterocycles. The number of aliphatic imine (C=N–C) groups is 1. The van der Waals surface area contributed by atoms with Crippen LogP contribution in [0.1, 0.15) is 6.42 Å². The number of benzene rings is 1. The van der Waals surface area contributed by atoms with Crippen molar-refractivity contribution in [3.05, 3.63) is 47.7 Å². The SMILES string of the molecule is CN=C(NCCCN1CCN(c2ncccn2)CC1)NCCSc1ccc(Cl)cc1.I. The molecule has 1 aliphatic rings. The number of aromatic nitrogens is 2. The molecule has 0 atom stereocenters. The van der Waals surface area contributed by atoms with Crippen LogP contribution in [-0.4, -0.2) is 79.4 Å². The number of guanidine groups is 1. The molecule has 3 rings (SSSR count). The van der Waals surface area contributed by atoms with Gasteiger partial charge in [-0.25, -0.2) is 9.97 Å². The highest BCUT2D eigenvalue weighted by atomic mass is 127. The number of piperazine rings is 1. The Morgan fingerprint density at radius 3 is 2.42 bits per heavy atom. The summed E-state index contributed by atoms with van der Waals surface area (Å²) in [5.74, 6) is 2.67. The monoisotopic (exact) mass is 575 g/mol. The molecule has 1 aromatic carbocycles. The second-order valence-electron chi connectivity index (χ2n) is 6.96. The molecule has 0 spiro atoms. The molecular formula is C21H31ClIN7S. The third-order valence-electron chi connectivity index (χ3n) is 4.85. The van der Waals surface area contributed by atoms with Gasteiger partial charge < -0.3 is 15.5 Å². The number of halogens is 2. The normalized spacial score (nSPS) is 14.8. The lowest BCUT2D eigenvalue weighted by Gasteiger charge is -2.34. The van der Waals surface area contributed by atoms with Gasteiger partial charge in [-0.05, 0) is 43.3 Å². The van der Waals surface area contributed by atoms with Crippen molar-refractivity contribution < 1.29 is 0 Å². The lowest BCUT2D eigenvalue weighted by Crippen LogP contribution is -2.47. The lowest BCUT2D eigenvalue weighted by atomic mass is 10.3. The molecule has 1 aliphatic heterocycles. The first-order chi connectivity index (χ1) is 14.7. The highest BCUT2D eigenvalue weighted by Gasteiger charge is 2.18. The van der Waals surface area contributed by atoms with Crippen molar-refractivity contribution in [1.29, 1.82) is 0 Å². The van der Waals surface area contributed by atoms with E-state index < -0.39 is 0 Å². The number of thioether (sulfide) groups is 1. The molecule has 0 radical (unpaired) electrons. The zero-order chi connectivity index (χ0) is 21.0. The zero-order valence-electron chi connectivity index (χ0n) is 17.8. The summed E-state index contributed by atoms with van der Waals surface area (Å²) in [4.78, 5) is 19.0. The second kappa shape index (κ2) is 14.7. The van der Waals surface area contributed by atoms with Crippen molar-refractivity contribution in [3.8, 4) is 0 Å². The molecule has 0 aliphatic carbocycles. The third-order valence-corrected chi connectivity index (χ3v) is 6.12. The highest BCUT2D eigenvalue weighted by molar-refractivity contribution is 14.0. The maximum Gasteiger partial charge on any atom is 0.225 e. The van der Waals surface area contributed by atoms with Crippen LogP contribution in [0, 0.1) is 0 Å². The average Bonchev–Trinajstić information content (AvgIpc) is 2.80. The summed E-state index contributed by atoms with van der Waals surface area (Å²) < 4.78 is 0. The minimum absolute atomic E-state index is 0.